The van der Waals surface area contributed by atoms with Crippen molar-refractivity contribution in [1.29, 1.82) is 0 Å². The Morgan fingerprint density at radius 3 is 2.95 bits per heavy atom. The number of halogens is 2. The molecule has 0 spiro atoms. The molecule has 6 heteroatoms. The van der Waals surface area contributed by atoms with E-state index in [9.17, 15) is 18.7 Å². The molecule has 0 saturated carbocycles. The first-order valence-corrected chi connectivity index (χ1v) is 6.39. The van der Waals surface area contributed by atoms with E-state index in [-0.39, 0.29) is 24.1 Å². The van der Waals surface area contributed by atoms with E-state index in [0.29, 0.717) is 6.54 Å². The number of carbonyl (C=O) groups is 1. The predicted octanol–water partition coefficient (Wildman–Crippen LogP) is 1.60. The summed E-state index contributed by atoms with van der Waals surface area (Å²) in [6, 6.07) is 3.12. The Balaban J connectivity index is 2.09. The average Bonchev–Trinajstić information content (AvgIpc) is 2.79. The van der Waals surface area contributed by atoms with Crippen molar-refractivity contribution in [3.63, 3.8) is 0 Å². The third-order valence-electron chi connectivity index (χ3n) is 3.59. The number of aliphatic hydroxyl groups is 1. The molecule has 19 heavy (non-hydrogen) atoms. The number of hydrogen-bond donors (Lipinski definition) is 1. The standard InChI is InChI=1S/C13H18F2N2O2/c1-9-4-6-17(7-11(9)18)13(19)10-3-2-5-16(10)8-12(14)15/h2-3,5,9,11-12,18H,4,6-8H2,1H3. The van der Waals surface area contributed by atoms with Gasteiger partial charge in [0, 0.05) is 19.3 Å². The first-order valence-electron chi connectivity index (χ1n) is 6.39. The van der Waals surface area contributed by atoms with Crippen molar-refractivity contribution < 1.29 is 18.7 Å². The van der Waals surface area contributed by atoms with Crippen LogP contribution in [0.1, 0.15) is 23.8 Å². The molecule has 1 aliphatic rings. The molecule has 0 bridgehead atoms. The lowest BCUT2D eigenvalue weighted by atomic mass is 9.96. The second-order valence-corrected chi connectivity index (χ2v) is 5.02. The van der Waals surface area contributed by atoms with Gasteiger partial charge in [0.05, 0.1) is 12.6 Å². The summed E-state index contributed by atoms with van der Waals surface area (Å²) in [7, 11) is 0. The van der Waals surface area contributed by atoms with E-state index in [4.69, 9.17) is 0 Å². The molecule has 4 nitrogen and oxygen atoms in total. The van der Waals surface area contributed by atoms with Crippen LogP contribution in [-0.2, 0) is 6.54 Å². The quantitative estimate of drug-likeness (QED) is 0.908. The average molecular weight is 272 g/mol. The van der Waals surface area contributed by atoms with Gasteiger partial charge in [0.15, 0.2) is 0 Å². The Morgan fingerprint density at radius 2 is 2.32 bits per heavy atom. The number of β-amino-alcohol motifs (C(OH)–C–C–N with tert-alkyl or cyclic N) is 1. The van der Waals surface area contributed by atoms with Crippen molar-refractivity contribution in [1.82, 2.24) is 9.47 Å². The van der Waals surface area contributed by atoms with E-state index in [1.165, 1.54) is 21.7 Å². The summed E-state index contributed by atoms with van der Waals surface area (Å²) in [6.45, 7) is 2.27. The number of aliphatic hydroxyl groups excluding tert-OH is 1. The minimum atomic E-state index is -2.49. The monoisotopic (exact) mass is 272 g/mol. The van der Waals surface area contributed by atoms with Crippen LogP contribution in [0.2, 0.25) is 0 Å². The van der Waals surface area contributed by atoms with E-state index in [1.54, 1.807) is 6.07 Å². The fourth-order valence-electron chi connectivity index (χ4n) is 2.31. The van der Waals surface area contributed by atoms with Crippen molar-refractivity contribution in [3.8, 4) is 0 Å². The Hall–Kier alpha value is -1.43. The molecule has 1 aromatic rings. The van der Waals surface area contributed by atoms with E-state index >= 15 is 0 Å². The zero-order valence-electron chi connectivity index (χ0n) is 10.8. The molecule has 1 aliphatic heterocycles. The molecule has 106 valence electrons. The molecular weight excluding hydrogens is 254 g/mol. The maximum Gasteiger partial charge on any atom is 0.270 e. The number of carbonyl (C=O) groups excluding carboxylic acids is 1. The van der Waals surface area contributed by atoms with Gasteiger partial charge in [0.25, 0.3) is 12.3 Å². The molecule has 1 aromatic heterocycles. The third kappa shape index (κ3) is 3.12. The van der Waals surface area contributed by atoms with Gasteiger partial charge in [-0.1, -0.05) is 6.92 Å². The molecule has 0 radical (unpaired) electrons. The van der Waals surface area contributed by atoms with Crippen LogP contribution in [0.4, 0.5) is 8.78 Å². The van der Waals surface area contributed by atoms with Gasteiger partial charge in [-0.25, -0.2) is 8.78 Å². The van der Waals surface area contributed by atoms with Crippen LogP contribution in [-0.4, -0.2) is 46.1 Å². The summed E-state index contributed by atoms with van der Waals surface area (Å²) in [5.74, 6) is -0.131. The van der Waals surface area contributed by atoms with Crippen LogP contribution >= 0.6 is 0 Å². The summed E-state index contributed by atoms with van der Waals surface area (Å²) in [6.07, 6.45) is -0.840. The molecule has 2 heterocycles. The summed E-state index contributed by atoms with van der Waals surface area (Å²) >= 11 is 0. The zero-order valence-corrected chi connectivity index (χ0v) is 10.8. The van der Waals surface area contributed by atoms with E-state index < -0.39 is 19.1 Å². The van der Waals surface area contributed by atoms with Crippen LogP contribution in [0.3, 0.4) is 0 Å². The van der Waals surface area contributed by atoms with Crippen LogP contribution in [0.5, 0.6) is 0 Å². The van der Waals surface area contributed by atoms with Crippen molar-refractivity contribution >= 4 is 5.91 Å². The summed E-state index contributed by atoms with van der Waals surface area (Å²) < 4.78 is 26.1. The highest BCUT2D eigenvalue weighted by molar-refractivity contribution is 5.92. The van der Waals surface area contributed by atoms with Gasteiger partial charge in [-0.15, -0.1) is 0 Å². The molecule has 1 saturated heterocycles. The fraction of sp³-hybridized carbons (Fsp3) is 0.615. The first kappa shape index (κ1) is 14.0. The minimum absolute atomic E-state index is 0.164. The number of rotatable bonds is 3. The SMILES string of the molecule is CC1CCN(C(=O)c2cccn2CC(F)F)CC1O. The van der Waals surface area contributed by atoms with E-state index in [1.807, 2.05) is 6.92 Å². The topological polar surface area (TPSA) is 45.5 Å². The Bertz CT molecular complexity index is 448. The number of nitrogens with zero attached hydrogens (tertiary/aromatic N) is 2. The minimum Gasteiger partial charge on any atom is -0.391 e. The van der Waals surface area contributed by atoms with Crippen LogP contribution in [0.25, 0.3) is 0 Å². The third-order valence-corrected chi connectivity index (χ3v) is 3.59. The largest absolute Gasteiger partial charge is 0.391 e. The molecule has 2 rings (SSSR count). The lowest BCUT2D eigenvalue weighted by molar-refractivity contribution is 0.0239. The normalized spacial score (nSPS) is 23.9. The molecule has 2 unspecified atom stereocenters. The van der Waals surface area contributed by atoms with Crippen LogP contribution < -0.4 is 0 Å². The molecule has 2 atom stereocenters. The smallest absolute Gasteiger partial charge is 0.270 e. The molecule has 1 fully saturated rings. The molecule has 1 N–H and O–H groups in total. The maximum atomic E-state index is 12.4. The van der Waals surface area contributed by atoms with Crippen molar-refractivity contribution in [2.75, 3.05) is 13.1 Å². The van der Waals surface area contributed by atoms with Gasteiger partial charge >= 0.3 is 0 Å². The Kier molecular flexibility index (Phi) is 4.19. The number of aromatic nitrogens is 1. The van der Waals surface area contributed by atoms with Crippen LogP contribution in [0.15, 0.2) is 18.3 Å². The second kappa shape index (κ2) is 5.69. The molecular formula is C13H18F2N2O2. The number of likely N-dealkylation sites (tertiary alicyclic amines) is 1. The predicted molar refractivity (Wildman–Crippen MR) is 66.1 cm³/mol. The second-order valence-electron chi connectivity index (χ2n) is 5.02. The highest BCUT2D eigenvalue weighted by Gasteiger charge is 2.29. The van der Waals surface area contributed by atoms with Gasteiger partial charge in [0.1, 0.15) is 5.69 Å². The highest BCUT2D eigenvalue weighted by atomic mass is 19.3. The van der Waals surface area contributed by atoms with E-state index in [2.05, 4.69) is 0 Å². The number of amides is 1. The highest BCUT2D eigenvalue weighted by Crippen LogP contribution is 2.19. The Labute approximate surface area is 110 Å². The number of piperidine rings is 1. The lowest BCUT2D eigenvalue weighted by Gasteiger charge is -2.34. The summed E-state index contributed by atoms with van der Waals surface area (Å²) in [5.41, 5.74) is 0.252. The molecule has 1 amide bonds. The molecule has 0 aliphatic carbocycles. The summed E-state index contributed by atoms with van der Waals surface area (Å²) in [5, 5.41) is 9.79. The van der Waals surface area contributed by atoms with E-state index in [0.717, 1.165) is 6.42 Å². The van der Waals surface area contributed by atoms with Crippen molar-refractivity contribution in [2.24, 2.45) is 5.92 Å². The van der Waals surface area contributed by atoms with Gasteiger partial charge in [0.2, 0.25) is 0 Å². The lowest BCUT2D eigenvalue weighted by Crippen LogP contribution is -2.46. The molecule has 0 aromatic carbocycles. The number of hydrogen-bond acceptors (Lipinski definition) is 2. The first-order chi connectivity index (χ1) is 8.99. The van der Waals surface area contributed by atoms with Gasteiger partial charge in [-0.3, -0.25) is 4.79 Å². The van der Waals surface area contributed by atoms with Crippen molar-refractivity contribution in [2.45, 2.75) is 32.4 Å². The van der Waals surface area contributed by atoms with Gasteiger partial charge in [-0.05, 0) is 24.5 Å². The Morgan fingerprint density at radius 1 is 1.58 bits per heavy atom. The van der Waals surface area contributed by atoms with Gasteiger partial charge in [-0.2, -0.15) is 0 Å². The van der Waals surface area contributed by atoms with Gasteiger partial charge < -0.3 is 14.6 Å². The van der Waals surface area contributed by atoms with Crippen molar-refractivity contribution in [3.05, 3.63) is 24.0 Å². The summed E-state index contributed by atoms with van der Waals surface area (Å²) in [4.78, 5) is 13.8. The number of alkyl halides is 2. The van der Waals surface area contributed by atoms with Crippen LogP contribution in [0, 0.1) is 5.92 Å². The fourth-order valence-corrected chi connectivity index (χ4v) is 2.31. The zero-order chi connectivity index (χ0) is 14.0. The maximum absolute atomic E-state index is 12.4.